The topological polar surface area (TPSA) is 741 Å². The molecule has 10 N–H and O–H groups in total. The van der Waals surface area contributed by atoms with Gasteiger partial charge in [0.25, 0.3) is 0 Å². The average Bonchev–Trinajstić information content (AvgIpc) is 1.76. The number of aldehydes is 4. The van der Waals surface area contributed by atoms with Gasteiger partial charge in [0.05, 0.1) is 6.61 Å². The van der Waals surface area contributed by atoms with Crippen molar-refractivity contribution in [1.29, 1.82) is 0 Å². The Balaban J connectivity index is -0.000000147. The van der Waals surface area contributed by atoms with E-state index >= 15 is 0 Å². The van der Waals surface area contributed by atoms with Crippen LogP contribution >= 0.6 is 0 Å². The average molecular weight is 1580 g/mol. The fraction of sp³-hybridized carbons (Fsp3) is 0.215. The molecule has 0 radical (unpaired) electrons. The molecule has 9 aromatic rings. The highest BCUT2D eigenvalue weighted by Gasteiger charge is 2.18. The molecule has 0 bridgehead atoms. The Morgan fingerprint density at radius 3 is 0.718 bits per heavy atom. The fourth-order valence-electron chi connectivity index (χ4n) is 5.54. The minimum absolute atomic E-state index is 0. The van der Waals surface area contributed by atoms with E-state index < -0.39 is 59.7 Å². The number of aryl methyl sites for hydroxylation is 1. The van der Waals surface area contributed by atoms with Gasteiger partial charge in [0.1, 0.15) is 42.9 Å². The highest BCUT2D eigenvalue weighted by Crippen LogP contribution is 2.13. The quantitative estimate of drug-likeness (QED) is 0.0236. The highest BCUT2D eigenvalue weighted by atomic mass is 16.7. The van der Waals surface area contributed by atoms with Crippen LogP contribution in [0, 0.1) is 46.6 Å². The molecule has 45 nitrogen and oxygen atoms in total. The van der Waals surface area contributed by atoms with Crippen LogP contribution in [0.5, 0.6) is 0 Å². The predicted octanol–water partition coefficient (Wildman–Crippen LogP) is 12.1. The molecule has 0 aliphatic heterocycles. The number of esters is 2. The van der Waals surface area contributed by atoms with Gasteiger partial charge in [-0.25, -0.2) is 47.9 Å². The number of carboxylic acid groups (broad SMARTS) is 9. The first-order valence-corrected chi connectivity index (χ1v) is 26.7. The van der Waals surface area contributed by atoms with Crippen LogP contribution in [0.3, 0.4) is 0 Å². The number of furan rings is 9. The Labute approximate surface area is 616 Å². The van der Waals surface area contributed by atoms with Crippen molar-refractivity contribution in [3.63, 3.8) is 0 Å². The number of rotatable bonds is 21. The normalized spacial score (nSPS) is 8.52. The molecule has 0 amide bonds. The van der Waals surface area contributed by atoms with Crippen molar-refractivity contribution in [3.8, 4) is 0 Å². The number of hydrogen-bond donors (Lipinski definition) is 10. The van der Waals surface area contributed by atoms with E-state index in [-0.39, 0.29) is 132 Å². The number of carbonyl (C=O) groups is 15. The smallest absolute Gasteiger partial charge is 0.374 e. The molecule has 0 aliphatic rings. The molecule has 9 heterocycles. The van der Waals surface area contributed by atoms with Gasteiger partial charge in [0.2, 0.25) is 57.6 Å². The second kappa shape index (κ2) is 65.7. The van der Waals surface area contributed by atoms with E-state index in [1.54, 1.807) is 50.2 Å². The summed E-state index contributed by atoms with van der Waals surface area (Å²) >= 11 is 0. The molecule has 0 aliphatic carbocycles. The third-order valence-corrected chi connectivity index (χ3v) is 9.70. The van der Waals surface area contributed by atoms with Gasteiger partial charge in [0, 0.05) is 53.2 Å². The van der Waals surface area contributed by atoms with Crippen LogP contribution in [-0.4, -0.2) is 155 Å². The zero-order valence-electron chi connectivity index (χ0n) is 53.5. The van der Waals surface area contributed by atoms with Crippen molar-refractivity contribution in [2.45, 2.75) is 84.6 Å². The third kappa shape index (κ3) is 47.8. The van der Waals surface area contributed by atoms with Gasteiger partial charge in [-0.3, -0.25) is 24.0 Å². The number of ether oxygens (including phenoxy) is 3. The molecule has 0 spiro atoms. The molecule has 0 saturated carbocycles. The Hall–Kier alpha value is -15.3. The van der Waals surface area contributed by atoms with Crippen molar-refractivity contribution in [2.24, 2.45) is 0 Å². The van der Waals surface area contributed by atoms with Crippen molar-refractivity contribution in [1.82, 2.24) is 0 Å². The summed E-state index contributed by atoms with van der Waals surface area (Å²) in [5.74, 6) is -12.3. The zero-order valence-corrected chi connectivity index (χ0v) is 53.5. The van der Waals surface area contributed by atoms with E-state index in [4.69, 9.17) is 113 Å². The summed E-state index contributed by atoms with van der Waals surface area (Å²) in [6.07, 6.45) is 2.55. The predicted molar refractivity (Wildman–Crippen MR) is 371 cm³/mol. The van der Waals surface area contributed by atoms with Crippen LogP contribution in [0.25, 0.3) is 0 Å². The number of aromatic carboxylic acids is 9. The van der Waals surface area contributed by atoms with Crippen LogP contribution in [-0.2, 0) is 38.8 Å². The van der Waals surface area contributed by atoms with Gasteiger partial charge >= 0.3 is 65.7 Å². The molecule has 0 atom stereocenters. The van der Waals surface area contributed by atoms with Crippen molar-refractivity contribution in [2.75, 3.05) is 13.2 Å². The minimum Gasteiger partial charge on any atom is -0.475 e. The fourth-order valence-corrected chi connectivity index (χ4v) is 5.54. The maximum atomic E-state index is 11.0. The van der Waals surface area contributed by atoms with E-state index in [0.717, 1.165) is 54.3 Å². The summed E-state index contributed by atoms with van der Waals surface area (Å²) < 4.78 is 56.2. The molecule has 9 aromatic heterocycles. The van der Waals surface area contributed by atoms with Gasteiger partial charge in [-0.05, 0) is 130 Å². The van der Waals surface area contributed by atoms with Crippen LogP contribution in [0.4, 0.5) is 0 Å². The lowest BCUT2D eigenvalue weighted by Gasteiger charge is -1.96. The Bertz CT molecular complexity index is 3770. The Kier molecular flexibility index (Phi) is 67.6. The summed E-state index contributed by atoms with van der Waals surface area (Å²) in [5, 5.41) is 83.2. The van der Waals surface area contributed by atoms with Crippen LogP contribution in [0.2, 0.25) is 0 Å². The maximum Gasteiger partial charge on any atom is 0.374 e. The van der Waals surface area contributed by atoms with Gasteiger partial charge in [-0.2, -0.15) is 0 Å². The van der Waals surface area contributed by atoms with Crippen molar-refractivity contribution >= 4 is 90.8 Å². The van der Waals surface area contributed by atoms with E-state index in [1.165, 1.54) is 31.2 Å². The second-order valence-electron chi connectivity index (χ2n) is 16.7. The molecule has 110 heavy (non-hydrogen) atoms. The van der Waals surface area contributed by atoms with E-state index in [1.807, 2.05) is 6.92 Å². The lowest BCUT2D eigenvalue weighted by Crippen LogP contribution is -2.03. The first-order valence-electron chi connectivity index (χ1n) is 26.7. The standard InChI is InChI=1S/C8H8O5.C8H8O4.C8H10O3.4C6H4O5.C6H6O3.C6H6O2.5CH4.4O2/c1-2-12-8(11)6-4-3-5(13-6)7(9)10;1-6(10)11-5-8-3-2-7(4-9)12-8;1-2-10-6-8-4-3-7(5-9)11-8;4*7-5(8)3-1-2-4(11-3)6(9)10;7-3-5-1-2-6(4-8)9-5;1-5-2-3-6(4-7)8-5;;;;;;4*1-2/h3-4H,2H2,1H3,(H,9,10);2-4H,5H2,1H3;3-5H,2,6H2,1H3;4*1-2H,(H,7,8)(H,9,10);1-3,8H,4H2;2-4H,1H3;5*1H4;;;;. The SMILES string of the molecule is C.C.C.C.C.CC(=O)OCc1ccc(C=O)o1.CCOC(=O)c1ccc(C(=O)O)o1.CCOCc1ccc(C=O)o1.Cc1ccc(C=O)o1.O=C(O)c1ccc(C(=O)O)o1.O=C(O)c1ccc(C(=O)O)o1.O=C(O)c1ccc(C(=O)O)o1.O=C(O)c1ccc(C(=O)O)o1.O=Cc1ccc(CO)o1.O=O.O=O.O=O.O=O. The molecule has 0 saturated heterocycles. The summed E-state index contributed by atoms with van der Waals surface area (Å²) in [7, 11) is 0. The molecule has 9 rings (SSSR count). The molecular formula is C65H74O45. The summed E-state index contributed by atoms with van der Waals surface area (Å²) in [6, 6.07) is 24.1. The van der Waals surface area contributed by atoms with Gasteiger partial charge in [0.15, 0.2) is 48.2 Å². The van der Waals surface area contributed by atoms with Crippen LogP contribution in [0.15, 0.2) is 149 Å². The summed E-state index contributed by atoms with van der Waals surface area (Å²) in [6.45, 7) is 7.89. The largest absolute Gasteiger partial charge is 0.475 e. The molecule has 604 valence electrons. The summed E-state index contributed by atoms with van der Waals surface area (Å²) in [4.78, 5) is 209. The molecule has 0 unspecified atom stereocenters. The molecule has 0 fully saturated rings. The maximum absolute atomic E-state index is 11.0. The third-order valence-electron chi connectivity index (χ3n) is 9.70. The number of aliphatic hydroxyl groups is 1. The van der Waals surface area contributed by atoms with Crippen molar-refractivity contribution < 1.29 is 177 Å². The van der Waals surface area contributed by atoms with Crippen LogP contribution < -0.4 is 0 Å². The molecular weight excluding hydrogens is 1500 g/mol. The Morgan fingerprint density at radius 1 is 0.309 bits per heavy atom. The van der Waals surface area contributed by atoms with Crippen molar-refractivity contribution in [3.05, 3.63) is 253 Å². The first kappa shape index (κ1) is 113. The van der Waals surface area contributed by atoms with E-state index in [2.05, 4.69) is 31.6 Å². The van der Waals surface area contributed by atoms with Gasteiger partial charge in [-0.15, -0.1) is 0 Å². The lowest BCUT2D eigenvalue weighted by atomic mass is 10.4. The minimum atomic E-state index is -1.28. The molecule has 0 aromatic carbocycles. The van der Waals surface area contributed by atoms with Gasteiger partial charge < -0.3 is 105 Å². The van der Waals surface area contributed by atoms with E-state index in [0.29, 0.717) is 67.2 Å². The zero-order chi connectivity index (χ0) is 81.3. The van der Waals surface area contributed by atoms with E-state index in [9.17, 15) is 71.9 Å². The summed E-state index contributed by atoms with van der Waals surface area (Å²) in [5.41, 5.74) is 0. The lowest BCUT2D eigenvalue weighted by molar-refractivity contribution is -0.142. The first-order chi connectivity index (χ1) is 49.9. The number of carboxylic acids is 9. The van der Waals surface area contributed by atoms with Gasteiger partial charge in [-0.1, -0.05) is 37.1 Å². The molecule has 45 heteroatoms. The number of carbonyl (C=O) groups excluding carboxylic acids is 6. The second-order valence-corrected chi connectivity index (χ2v) is 16.7. The number of hydrogen-bond acceptors (Lipinski definition) is 36. The monoisotopic (exact) mass is 1570 g/mol. The Morgan fingerprint density at radius 2 is 0.536 bits per heavy atom. The number of aliphatic hydroxyl groups excluding tert-OH is 1. The highest BCUT2D eigenvalue weighted by molar-refractivity contribution is 5.92. The van der Waals surface area contributed by atoms with Crippen LogP contribution in [0.1, 0.15) is 229 Å².